The van der Waals surface area contributed by atoms with Crippen LogP contribution in [0, 0.1) is 17.3 Å². The lowest BCUT2D eigenvalue weighted by atomic mass is 9.55. The summed E-state index contributed by atoms with van der Waals surface area (Å²) in [7, 11) is 4.14. The Kier molecular flexibility index (Phi) is 6.83. The van der Waals surface area contributed by atoms with Gasteiger partial charge in [-0.3, -0.25) is 4.90 Å². The van der Waals surface area contributed by atoms with Gasteiger partial charge in [0.25, 0.3) is 0 Å². The van der Waals surface area contributed by atoms with Crippen LogP contribution in [0.1, 0.15) is 68.1 Å². The van der Waals surface area contributed by atoms with Crippen LogP contribution in [0.5, 0.6) is 5.75 Å². The Morgan fingerprint density at radius 3 is 2.62 bits per heavy atom. The maximum atomic E-state index is 11.5. The van der Waals surface area contributed by atoms with E-state index >= 15 is 0 Å². The highest BCUT2D eigenvalue weighted by Crippen LogP contribution is 2.62. The quantitative estimate of drug-likeness (QED) is 0.517. The summed E-state index contributed by atoms with van der Waals surface area (Å²) in [5.41, 5.74) is 6.68. The van der Waals surface area contributed by atoms with Crippen molar-refractivity contribution in [2.24, 2.45) is 17.3 Å². The predicted octanol–water partition coefficient (Wildman–Crippen LogP) is 6.14. The second-order valence-corrected chi connectivity index (χ2v) is 12.5. The van der Waals surface area contributed by atoms with Gasteiger partial charge in [0.2, 0.25) is 0 Å². The van der Waals surface area contributed by atoms with Gasteiger partial charge in [0, 0.05) is 31.7 Å². The fraction of sp³-hybridized carbons (Fsp3) is 0.576. The van der Waals surface area contributed by atoms with Crippen molar-refractivity contribution in [3.8, 4) is 5.75 Å². The zero-order valence-electron chi connectivity index (χ0n) is 23.0. The lowest BCUT2D eigenvalue weighted by Crippen LogP contribution is -2.44. The predicted molar refractivity (Wildman–Crippen MR) is 152 cm³/mol. The number of likely N-dealkylation sites (tertiary alicyclic amines) is 1. The first kappa shape index (κ1) is 25.0. The van der Waals surface area contributed by atoms with Crippen LogP contribution < -0.4 is 9.64 Å². The van der Waals surface area contributed by atoms with E-state index in [1.54, 1.807) is 5.56 Å². The summed E-state index contributed by atoms with van der Waals surface area (Å²) in [6, 6.07) is 15.6. The Labute approximate surface area is 223 Å². The van der Waals surface area contributed by atoms with Gasteiger partial charge in [-0.25, -0.2) is 0 Å². The molecule has 0 aromatic heterocycles. The molecule has 0 spiro atoms. The first-order chi connectivity index (χ1) is 17.9. The number of fused-ring (bicyclic) bond motifs is 5. The van der Waals surface area contributed by atoms with Crippen molar-refractivity contribution < 1.29 is 9.84 Å². The Hall–Kier alpha value is -2.30. The molecule has 2 saturated carbocycles. The van der Waals surface area contributed by atoms with E-state index in [9.17, 15) is 5.11 Å². The molecule has 0 amide bonds. The van der Waals surface area contributed by atoms with E-state index in [1.165, 1.54) is 61.2 Å². The average molecular weight is 501 g/mol. The molecule has 37 heavy (non-hydrogen) atoms. The molecular weight excluding hydrogens is 456 g/mol. The van der Waals surface area contributed by atoms with Crippen molar-refractivity contribution in [3.05, 3.63) is 64.7 Å². The largest absolute Gasteiger partial charge is 0.492 e. The molecular formula is C33H44N2O2. The highest BCUT2D eigenvalue weighted by Gasteiger charge is 2.56. The van der Waals surface area contributed by atoms with Crippen molar-refractivity contribution in [1.82, 2.24) is 4.90 Å². The summed E-state index contributed by atoms with van der Waals surface area (Å²) in [4.78, 5) is 4.64. The van der Waals surface area contributed by atoms with Crippen LogP contribution in [-0.4, -0.2) is 56.4 Å². The van der Waals surface area contributed by atoms with Gasteiger partial charge in [-0.2, -0.15) is 0 Å². The van der Waals surface area contributed by atoms with Gasteiger partial charge in [-0.05, 0) is 122 Å². The van der Waals surface area contributed by atoms with Gasteiger partial charge in [-0.1, -0.05) is 31.2 Å². The maximum Gasteiger partial charge on any atom is 0.119 e. The first-order valence-corrected chi connectivity index (χ1v) is 14.6. The minimum Gasteiger partial charge on any atom is -0.492 e. The van der Waals surface area contributed by atoms with Crippen LogP contribution in [0.15, 0.2) is 48.0 Å². The third-order valence-electron chi connectivity index (χ3n) is 10.2. The topological polar surface area (TPSA) is 35.9 Å². The number of hydrogen-bond donors (Lipinski definition) is 1. The second kappa shape index (κ2) is 10.1. The Bertz CT molecular complexity index is 1130. The Morgan fingerprint density at radius 2 is 1.86 bits per heavy atom. The summed E-state index contributed by atoms with van der Waals surface area (Å²) < 4.78 is 6.18. The molecule has 2 aromatic carbocycles. The van der Waals surface area contributed by atoms with Gasteiger partial charge in [-0.15, -0.1) is 0 Å². The van der Waals surface area contributed by atoms with E-state index in [4.69, 9.17) is 4.74 Å². The molecule has 1 aliphatic heterocycles. The molecule has 0 radical (unpaired) electrons. The number of ether oxygens (including phenoxy) is 1. The summed E-state index contributed by atoms with van der Waals surface area (Å²) in [5.74, 6) is 2.87. The minimum atomic E-state index is -0.334. The smallest absolute Gasteiger partial charge is 0.119 e. The van der Waals surface area contributed by atoms with E-state index < -0.39 is 0 Å². The van der Waals surface area contributed by atoms with Crippen molar-refractivity contribution in [2.45, 2.75) is 63.9 Å². The third-order valence-corrected chi connectivity index (χ3v) is 10.2. The highest BCUT2D eigenvalue weighted by atomic mass is 16.5. The van der Waals surface area contributed by atoms with Crippen molar-refractivity contribution in [1.29, 1.82) is 0 Å². The van der Waals surface area contributed by atoms with Gasteiger partial charge in [0.1, 0.15) is 12.4 Å². The Morgan fingerprint density at radius 1 is 1.08 bits per heavy atom. The molecule has 1 heterocycles. The number of rotatable bonds is 6. The number of nitrogens with zero attached hydrogens (tertiary/aromatic N) is 2. The second-order valence-electron chi connectivity index (χ2n) is 12.5. The van der Waals surface area contributed by atoms with Crippen LogP contribution in [0.3, 0.4) is 0 Å². The normalized spacial score (nSPS) is 32.2. The van der Waals surface area contributed by atoms with Crippen LogP contribution in [-0.2, 0) is 6.42 Å². The zero-order valence-corrected chi connectivity index (χ0v) is 23.0. The summed E-state index contributed by atoms with van der Waals surface area (Å²) in [5, 5.41) is 11.5. The summed E-state index contributed by atoms with van der Waals surface area (Å²) in [6.07, 6.45) is 10.3. The number of anilines is 1. The zero-order chi connectivity index (χ0) is 25.6. The van der Waals surface area contributed by atoms with Crippen LogP contribution in [0.4, 0.5) is 5.69 Å². The van der Waals surface area contributed by atoms with E-state index in [0.29, 0.717) is 17.8 Å². The molecule has 4 heteroatoms. The van der Waals surface area contributed by atoms with E-state index in [-0.39, 0.29) is 11.5 Å². The highest BCUT2D eigenvalue weighted by molar-refractivity contribution is 5.59. The molecule has 2 aromatic rings. The molecule has 5 unspecified atom stereocenters. The SMILES string of the molecule is CN(C)c1ccc(C=C2CC3C4CCc5cc(OCCN6CCCC6)ccc5C4CCC3(C)C2O)cc1. The molecule has 6 rings (SSSR count). The fourth-order valence-electron chi connectivity index (χ4n) is 8.03. The molecule has 0 bridgehead atoms. The molecule has 198 valence electrons. The molecule has 1 N–H and O–H groups in total. The van der Waals surface area contributed by atoms with E-state index in [1.807, 2.05) is 0 Å². The summed E-state index contributed by atoms with van der Waals surface area (Å²) >= 11 is 0. The number of benzene rings is 2. The van der Waals surface area contributed by atoms with Gasteiger partial charge in [0.05, 0.1) is 6.10 Å². The van der Waals surface area contributed by atoms with Gasteiger partial charge in [0.15, 0.2) is 0 Å². The molecule has 4 nitrogen and oxygen atoms in total. The van der Waals surface area contributed by atoms with E-state index in [2.05, 4.69) is 79.4 Å². The maximum absolute atomic E-state index is 11.5. The first-order valence-electron chi connectivity index (χ1n) is 14.6. The third kappa shape index (κ3) is 4.72. The average Bonchev–Trinajstić information content (AvgIpc) is 3.51. The van der Waals surface area contributed by atoms with Gasteiger partial charge < -0.3 is 14.7 Å². The number of aryl methyl sites for hydroxylation is 1. The molecule has 1 saturated heterocycles. The lowest BCUT2D eigenvalue weighted by molar-refractivity contribution is -0.0158. The van der Waals surface area contributed by atoms with Crippen molar-refractivity contribution in [3.63, 3.8) is 0 Å². The van der Waals surface area contributed by atoms with Crippen LogP contribution in [0.25, 0.3) is 6.08 Å². The number of aliphatic hydroxyl groups is 1. The molecule has 3 fully saturated rings. The van der Waals surface area contributed by atoms with E-state index in [0.717, 1.165) is 38.2 Å². The number of aliphatic hydroxyl groups excluding tert-OH is 1. The standard InChI is InChI=1S/C33H44N2O2/c1-33-15-14-29-28-13-11-27(37-19-18-35-16-4-5-17-35)21-24(28)8-12-30(29)31(33)22-25(32(33)36)20-23-6-9-26(10-7-23)34(2)3/h6-7,9-11,13,20-21,29-32,36H,4-5,8,12,14-19,22H2,1-3H3. The Balaban J connectivity index is 1.16. The molecule has 3 aliphatic carbocycles. The van der Waals surface area contributed by atoms with Crippen LogP contribution >= 0.6 is 0 Å². The van der Waals surface area contributed by atoms with Crippen molar-refractivity contribution >= 4 is 11.8 Å². The molecule has 4 aliphatic rings. The lowest BCUT2D eigenvalue weighted by Gasteiger charge is -2.49. The molecule has 5 atom stereocenters. The fourth-order valence-corrected chi connectivity index (χ4v) is 8.03. The van der Waals surface area contributed by atoms with Crippen LogP contribution in [0.2, 0.25) is 0 Å². The summed E-state index contributed by atoms with van der Waals surface area (Å²) in [6.45, 7) is 6.65. The number of hydrogen-bond acceptors (Lipinski definition) is 4. The monoisotopic (exact) mass is 500 g/mol. The van der Waals surface area contributed by atoms with Crippen molar-refractivity contribution in [2.75, 3.05) is 45.2 Å². The van der Waals surface area contributed by atoms with Gasteiger partial charge >= 0.3 is 0 Å². The minimum absolute atomic E-state index is 0.00724.